The third-order valence-electron chi connectivity index (χ3n) is 3.93. The Morgan fingerprint density at radius 2 is 1.77 bits per heavy atom. The summed E-state index contributed by atoms with van der Waals surface area (Å²) in [6, 6.07) is 6.19. The third kappa shape index (κ3) is 2.88. The van der Waals surface area contributed by atoms with Gasteiger partial charge < -0.3 is 9.47 Å². The average Bonchev–Trinajstić information content (AvgIpc) is 3.02. The standard InChI is InChI=1S/C14H16F2O5S/c1-8-2-4-9(5-3-8)22(17,18)21-11-7-20-12-10(14(15)16)6-19-13(11)12/h2-5,10-14H,6-7H2,1H3/t10-,11+,12+,13-/m0/s1. The number of rotatable bonds is 4. The summed E-state index contributed by atoms with van der Waals surface area (Å²) in [5, 5.41) is 0. The van der Waals surface area contributed by atoms with E-state index in [2.05, 4.69) is 0 Å². The summed E-state index contributed by atoms with van der Waals surface area (Å²) in [7, 11) is -3.98. The molecule has 3 rings (SSSR count). The number of fused-ring (bicyclic) bond motifs is 1. The first-order chi connectivity index (χ1) is 10.4. The van der Waals surface area contributed by atoms with Gasteiger partial charge in [-0.25, -0.2) is 8.78 Å². The van der Waals surface area contributed by atoms with Gasteiger partial charge in [0.2, 0.25) is 6.43 Å². The van der Waals surface area contributed by atoms with Crippen molar-refractivity contribution in [1.82, 2.24) is 0 Å². The lowest BCUT2D eigenvalue weighted by molar-refractivity contribution is -0.0105. The minimum atomic E-state index is -3.98. The summed E-state index contributed by atoms with van der Waals surface area (Å²) < 4.78 is 65.8. The van der Waals surface area contributed by atoms with E-state index < -0.39 is 40.8 Å². The van der Waals surface area contributed by atoms with Gasteiger partial charge in [-0.1, -0.05) is 17.7 Å². The molecule has 122 valence electrons. The van der Waals surface area contributed by atoms with E-state index in [1.54, 1.807) is 12.1 Å². The van der Waals surface area contributed by atoms with Crippen LogP contribution in [0.3, 0.4) is 0 Å². The number of hydrogen-bond acceptors (Lipinski definition) is 5. The van der Waals surface area contributed by atoms with Crippen molar-refractivity contribution in [3.05, 3.63) is 29.8 Å². The normalized spacial score (nSPS) is 31.6. The monoisotopic (exact) mass is 334 g/mol. The maximum atomic E-state index is 12.8. The summed E-state index contributed by atoms with van der Waals surface area (Å²) in [6.45, 7) is 1.60. The van der Waals surface area contributed by atoms with Crippen molar-refractivity contribution in [1.29, 1.82) is 0 Å². The number of benzene rings is 1. The van der Waals surface area contributed by atoms with Gasteiger partial charge in [-0.3, -0.25) is 4.18 Å². The number of hydrogen-bond donors (Lipinski definition) is 0. The summed E-state index contributed by atoms with van der Waals surface area (Å²) in [5.41, 5.74) is 0.919. The summed E-state index contributed by atoms with van der Waals surface area (Å²) >= 11 is 0. The van der Waals surface area contributed by atoms with Crippen molar-refractivity contribution >= 4 is 10.1 Å². The minimum Gasteiger partial charge on any atom is -0.372 e. The first-order valence-corrected chi connectivity index (χ1v) is 8.30. The highest BCUT2D eigenvalue weighted by Crippen LogP contribution is 2.36. The molecule has 8 heteroatoms. The van der Waals surface area contributed by atoms with Gasteiger partial charge in [0.05, 0.1) is 30.1 Å². The zero-order chi connectivity index (χ0) is 15.9. The topological polar surface area (TPSA) is 61.8 Å². The van der Waals surface area contributed by atoms with Crippen molar-refractivity contribution in [2.75, 3.05) is 13.2 Å². The van der Waals surface area contributed by atoms with Crippen LogP contribution in [0.5, 0.6) is 0 Å². The Morgan fingerprint density at radius 1 is 1.14 bits per heavy atom. The molecule has 5 nitrogen and oxygen atoms in total. The Bertz CT molecular complexity index is 631. The molecule has 0 aliphatic carbocycles. The van der Waals surface area contributed by atoms with Crippen molar-refractivity contribution in [2.45, 2.75) is 36.6 Å². The molecule has 0 saturated carbocycles. The third-order valence-corrected chi connectivity index (χ3v) is 5.28. The van der Waals surface area contributed by atoms with E-state index in [1.807, 2.05) is 6.92 Å². The Kier molecular flexibility index (Phi) is 4.19. The van der Waals surface area contributed by atoms with Crippen LogP contribution in [0.15, 0.2) is 29.2 Å². The number of alkyl halides is 2. The van der Waals surface area contributed by atoms with E-state index in [4.69, 9.17) is 13.7 Å². The maximum absolute atomic E-state index is 12.8. The molecule has 0 radical (unpaired) electrons. The van der Waals surface area contributed by atoms with Gasteiger partial charge >= 0.3 is 0 Å². The quantitative estimate of drug-likeness (QED) is 0.785. The lowest BCUT2D eigenvalue weighted by Gasteiger charge is -2.16. The van der Waals surface area contributed by atoms with E-state index >= 15 is 0 Å². The molecule has 2 aliphatic rings. The predicted octanol–water partition coefficient (Wildman–Crippen LogP) is 1.75. The van der Waals surface area contributed by atoms with Crippen molar-refractivity contribution in [2.24, 2.45) is 5.92 Å². The summed E-state index contributed by atoms with van der Waals surface area (Å²) in [4.78, 5) is 0.0185. The number of aryl methyl sites for hydroxylation is 1. The highest BCUT2D eigenvalue weighted by molar-refractivity contribution is 7.86. The zero-order valence-corrected chi connectivity index (χ0v) is 12.6. The second kappa shape index (κ2) is 5.84. The molecule has 2 fully saturated rings. The molecular weight excluding hydrogens is 318 g/mol. The molecule has 0 unspecified atom stereocenters. The van der Waals surface area contributed by atoms with Crippen molar-refractivity contribution < 1.29 is 30.9 Å². The fourth-order valence-corrected chi connectivity index (χ4v) is 3.79. The first kappa shape index (κ1) is 15.8. The van der Waals surface area contributed by atoms with Crippen molar-refractivity contribution in [3.63, 3.8) is 0 Å². The van der Waals surface area contributed by atoms with Gasteiger partial charge in [-0.15, -0.1) is 0 Å². The molecule has 0 bridgehead atoms. The Labute approximate surface area is 127 Å². The summed E-state index contributed by atoms with van der Waals surface area (Å²) in [6.07, 6.45) is -5.07. The lowest BCUT2D eigenvalue weighted by atomic mass is 10.0. The van der Waals surface area contributed by atoms with Gasteiger partial charge in [0, 0.05) is 0 Å². The van der Waals surface area contributed by atoms with E-state index in [0.717, 1.165) is 5.56 Å². The van der Waals surface area contributed by atoms with Gasteiger partial charge in [-0.2, -0.15) is 8.42 Å². The van der Waals surface area contributed by atoms with Gasteiger partial charge in [0.1, 0.15) is 12.2 Å². The minimum absolute atomic E-state index is 0.0185. The molecule has 4 atom stereocenters. The van der Waals surface area contributed by atoms with Gasteiger partial charge in [0.25, 0.3) is 10.1 Å². The smallest absolute Gasteiger partial charge is 0.297 e. The van der Waals surface area contributed by atoms with Crippen LogP contribution in [0.1, 0.15) is 5.56 Å². The Morgan fingerprint density at radius 3 is 2.41 bits per heavy atom. The zero-order valence-electron chi connectivity index (χ0n) is 11.8. The van der Waals surface area contributed by atoms with Crippen LogP contribution in [0.2, 0.25) is 0 Å². The fraction of sp³-hybridized carbons (Fsp3) is 0.571. The number of halogens is 2. The summed E-state index contributed by atoms with van der Waals surface area (Å²) in [5.74, 6) is -1.04. The molecule has 0 N–H and O–H groups in total. The largest absolute Gasteiger partial charge is 0.372 e. The first-order valence-electron chi connectivity index (χ1n) is 6.90. The van der Waals surface area contributed by atoms with Crippen LogP contribution in [0, 0.1) is 12.8 Å². The Balaban J connectivity index is 1.73. The lowest BCUT2D eigenvalue weighted by Crippen LogP contribution is -2.34. The second-order valence-corrected chi connectivity index (χ2v) is 7.07. The second-order valence-electron chi connectivity index (χ2n) is 5.50. The number of ether oxygens (including phenoxy) is 2. The maximum Gasteiger partial charge on any atom is 0.297 e. The molecule has 0 spiro atoms. The van der Waals surface area contributed by atoms with E-state index in [-0.39, 0.29) is 18.1 Å². The highest BCUT2D eigenvalue weighted by atomic mass is 32.2. The predicted molar refractivity (Wildman–Crippen MR) is 72.2 cm³/mol. The molecule has 2 saturated heterocycles. The van der Waals surface area contributed by atoms with Gasteiger partial charge in [-0.05, 0) is 19.1 Å². The molecule has 0 amide bonds. The highest BCUT2D eigenvalue weighted by Gasteiger charge is 2.52. The van der Waals surface area contributed by atoms with Crippen molar-refractivity contribution in [3.8, 4) is 0 Å². The molecule has 2 aliphatic heterocycles. The van der Waals surface area contributed by atoms with Gasteiger partial charge in [0.15, 0.2) is 0 Å². The molecule has 1 aromatic carbocycles. The van der Waals surface area contributed by atoms with Crippen LogP contribution < -0.4 is 0 Å². The van der Waals surface area contributed by atoms with Crippen LogP contribution in [0.4, 0.5) is 8.78 Å². The van der Waals surface area contributed by atoms with Crippen LogP contribution in [-0.2, 0) is 23.8 Å². The molecule has 0 aromatic heterocycles. The average molecular weight is 334 g/mol. The van der Waals surface area contributed by atoms with Crippen LogP contribution in [-0.4, -0.2) is 46.4 Å². The molecule has 2 heterocycles. The molecule has 1 aromatic rings. The Hall–Kier alpha value is -1.09. The fourth-order valence-electron chi connectivity index (χ4n) is 2.72. The van der Waals surface area contributed by atoms with E-state index in [1.165, 1.54) is 12.1 Å². The SMILES string of the molecule is Cc1ccc(S(=O)(=O)O[C@@H]2CO[C@H]3[C@H]2OC[C@@H]3C(F)F)cc1. The molecule has 22 heavy (non-hydrogen) atoms. The van der Waals surface area contributed by atoms with E-state index in [9.17, 15) is 17.2 Å². The van der Waals surface area contributed by atoms with E-state index in [0.29, 0.717) is 0 Å². The van der Waals surface area contributed by atoms with Crippen LogP contribution in [0.25, 0.3) is 0 Å². The molecular formula is C14H16F2O5S. The van der Waals surface area contributed by atoms with Crippen LogP contribution >= 0.6 is 0 Å².